The molecular formula is C17H20ClNO. The molecule has 1 atom stereocenters. The molecule has 2 rings (SSSR count). The van der Waals surface area contributed by atoms with Gasteiger partial charge in [-0.25, -0.2) is 0 Å². The summed E-state index contributed by atoms with van der Waals surface area (Å²) < 4.78 is 5.86. The number of hydrogen-bond donors (Lipinski definition) is 1. The van der Waals surface area contributed by atoms with E-state index in [2.05, 4.69) is 36.5 Å². The Morgan fingerprint density at radius 3 is 2.40 bits per heavy atom. The summed E-state index contributed by atoms with van der Waals surface area (Å²) in [5.74, 6) is 0.847. The van der Waals surface area contributed by atoms with Crippen LogP contribution in [-0.4, -0.2) is 13.7 Å². The Bertz CT molecular complexity index is 566. The van der Waals surface area contributed by atoms with Crippen molar-refractivity contribution in [2.24, 2.45) is 0 Å². The topological polar surface area (TPSA) is 21.3 Å². The van der Waals surface area contributed by atoms with Crippen molar-refractivity contribution in [3.05, 3.63) is 64.2 Å². The van der Waals surface area contributed by atoms with Gasteiger partial charge < -0.3 is 10.1 Å². The van der Waals surface area contributed by atoms with E-state index in [1.54, 1.807) is 0 Å². The lowest BCUT2D eigenvalue weighted by Crippen LogP contribution is -2.23. The van der Waals surface area contributed by atoms with Crippen molar-refractivity contribution in [1.82, 2.24) is 5.32 Å². The first-order valence-corrected chi connectivity index (χ1v) is 7.10. The van der Waals surface area contributed by atoms with Crippen LogP contribution in [-0.2, 0) is 0 Å². The molecular weight excluding hydrogens is 270 g/mol. The second kappa shape index (κ2) is 6.78. The fourth-order valence-electron chi connectivity index (χ4n) is 2.03. The Labute approximate surface area is 125 Å². The van der Waals surface area contributed by atoms with Crippen LogP contribution in [0.2, 0.25) is 5.02 Å². The minimum absolute atomic E-state index is 0.173. The highest BCUT2D eigenvalue weighted by molar-refractivity contribution is 6.31. The molecule has 0 aliphatic carbocycles. The van der Waals surface area contributed by atoms with Crippen molar-refractivity contribution in [1.29, 1.82) is 0 Å². The molecule has 2 aromatic carbocycles. The predicted molar refractivity (Wildman–Crippen MR) is 84.7 cm³/mol. The van der Waals surface area contributed by atoms with Crippen LogP contribution in [0.4, 0.5) is 0 Å². The van der Waals surface area contributed by atoms with E-state index in [0.29, 0.717) is 6.61 Å². The van der Waals surface area contributed by atoms with Crippen molar-refractivity contribution in [2.45, 2.75) is 19.9 Å². The molecule has 0 aliphatic heterocycles. The summed E-state index contributed by atoms with van der Waals surface area (Å²) in [5.41, 5.74) is 3.52. The molecule has 3 heteroatoms. The van der Waals surface area contributed by atoms with Crippen molar-refractivity contribution in [2.75, 3.05) is 13.7 Å². The van der Waals surface area contributed by atoms with E-state index in [1.807, 2.05) is 32.2 Å². The minimum Gasteiger partial charge on any atom is -0.492 e. The number of benzene rings is 2. The molecule has 0 spiro atoms. The molecule has 0 fully saturated rings. The zero-order valence-corrected chi connectivity index (χ0v) is 12.9. The molecule has 0 saturated carbocycles. The van der Waals surface area contributed by atoms with Gasteiger partial charge in [0.05, 0.1) is 6.04 Å². The Hall–Kier alpha value is -1.51. The average Bonchev–Trinajstić information content (AvgIpc) is 2.45. The SMILES string of the molecule is CNC(COc1ccc(Cl)c(C)c1)c1ccc(C)cc1. The average molecular weight is 290 g/mol. The maximum Gasteiger partial charge on any atom is 0.119 e. The summed E-state index contributed by atoms with van der Waals surface area (Å²) in [5, 5.41) is 4.05. The smallest absolute Gasteiger partial charge is 0.119 e. The lowest BCUT2D eigenvalue weighted by molar-refractivity contribution is 0.273. The summed E-state index contributed by atoms with van der Waals surface area (Å²) >= 11 is 6.01. The van der Waals surface area contributed by atoms with Gasteiger partial charge in [0.1, 0.15) is 12.4 Å². The maximum absolute atomic E-state index is 6.01. The van der Waals surface area contributed by atoms with Crippen LogP contribution in [0, 0.1) is 13.8 Å². The highest BCUT2D eigenvalue weighted by Gasteiger charge is 2.10. The third-order valence-electron chi connectivity index (χ3n) is 3.37. The van der Waals surface area contributed by atoms with Gasteiger partial charge in [0.25, 0.3) is 0 Å². The molecule has 0 amide bonds. The highest BCUT2D eigenvalue weighted by atomic mass is 35.5. The van der Waals surface area contributed by atoms with Crippen LogP contribution < -0.4 is 10.1 Å². The van der Waals surface area contributed by atoms with Crippen molar-refractivity contribution in [3.63, 3.8) is 0 Å². The van der Waals surface area contributed by atoms with Crippen LogP contribution in [0.5, 0.6) is 5.75 Å². The zero-order chi connectivity index (χ0) is 14.5. The fourth-order valence-corrected chi connectivity index (χ4v) is 2.15. The third kappa shape index (κ3) is 3.75. The van der Waals surface area contributed by atoms with E-state index in [-0.39, 0.29) is 6.04 Å². The van der Waals surface area contributed by atoms with E-state index < -0.39 is 0 Å². The Morgan fingerprint density at radius 1 is 1.10 bits per heavy atom. The summed E-state index contributed by atoms with van der Waals surface area (Å²) in [4.78, 5) is 0. The molecule has 0 aliphatic rings. The van der Waals surface area contributed by atoms with Gasteiger partial charge in [-0.3, -0.25) is 0 Å². The summed E-state index contributed by atoms with van der Waals surface area (Å²) in [6.07, 6.45) is 0. The van der Waals surface area contributed by atoms with Crippen molar-refractivity contribution in [3.8, 4) is 5.75 Å². The fraction of sp³-hybridized carbons (Fsp3) is 0.294. The van der Waals surface area contributed by atoms with Gasteiger partial charge >= 0.3 is 0 Å². The summed E-state index contributed by atoms with van der Waals surface area (Å²) in [6.45, 7) is 4.65. The molecule has 2 nitrogen and oxygen atoms in total. The largest absolute Gasteiger partial charge is 0.492 e. The zero-order valence-electron chi connectivity index (χ0n) is 12.1. The first kappa shape index (κ1) is 14.9. The second-order valence-corrected chi connectivity index (χ2v) is 5.38. The standard InChI is InChI=1S/C17H20ClNO/c1-12-4-6-14(7-5-12)17(19-3)11-20-15-8-9-16(18)13(2)10-15/h4-10,17,19H,11H2,1-3H3. The van der Waals surface area contributed by atoms with Crippen LogP contribution in [0.1, 0.15) is 22.7 Å². The van der Waals surface area contributed by atoms with Gasteiger partial charge in [0.15, 0.2) is 0 Å². The van der Waals surface area contributed by atoms with Crippen LogP contribution >= 0.6 is 11.6 Å². The van der Waals surface area contributed by atoms with Crippen molar-refractivity contribution >= 4 is 11.6 Å². The monoisotopic (exact) mass is 289 g/mol. The Balaban J connectivity index is 2.03. The Kier molecular flexibility index (Phi) is 5.05. The van der Waals surface area contributed by atoms with Gasteiger partial charge in [0, 0.05) is 5.02 Å². The third-order valence-corrected chi connectivity index (χ3v) is 3.80. The van der Waals surface area contributed by atoms with E-state index in [9.17, 15) is 0 Å². The number of likely N-dealkylation sites (N-methyl/N-ethyl adjacent to an activating group) is 1. The lowest BCUT2D eigenvalue weighted by atomic mass is 10.1. The molecule has 0 saturated heterocycles. The van der Waals surface area contributed by atoms with Crippen molar-refractivity contribution < 1.29 is 4.74 Å². The predicted octanol–water partition coefficient (Wildman–Crippen LogP) is 4.30. The van der Waals surface area contributed by atoms with Crippen LogP contribution in [0.3, 0.4) is 0 Å². The van der Waals surface area contributed by atoms with Gasteiger partial charge in [-0.05, 0) is 50.2 Å². The van der Waals surface area contributed by atoms with E-state index in [0.717, 1.165) is 16.3 Å². The molecule has 2 aromatic rings. The molecule has 0 bridgehead atoms. The number of hydrogen-bond acceptors (Lipinski definition) is 2. The molecule has 1 unspecified atom stereocenters. The number of halogens is 1. The maximum atomic E-state index is 6.01. The molecule has 0 heterocycles. The van der Waals surface area contributed by atoms with E-state index in [4.69, 9.17) is 16.3 Å². The van der Waals surface area contributed by atoms with Gasteiger partial charge in [-0.2, -0.15) is 0 Å². The first-order chi connectivity index (χ1) is 9.60. The molecule has 0 aromatic heterocycles. The van der Waals surface area contributed by atoms with E-state index in [1.165, 1.54) is 11.1 Å². The Morgan fingerprint density at radius 2 is 1.80 bits per heavy atom. The lowest BCUT2D eigenvalue weighted by Gasteiger charge is -2.18. The second-order valence-electron chi connectivity index (χ2n) is 4.97. The summed E-state index contributed by atoms with van der Waals surface area (Å²) in [7, 11) is 1.95. The van der Waals surface area contributed by atoms with Crippen LogP contribution in [0.15, 0.2) is 42.5 Å². The van der Waals surface area contributed by atoms with E-state index >= 15 is 0 Å². The van der Waals surface area contributed by atoms with Crippen LogP contribution in [0.25, 0.3) is 0 Å². The quantitative estimate of drug-likeness (QED) is 0.886. The van der Waals surface area contributed by atoms with Gasteiger partial charge in [-0.15, -0.1) is 0 Å². The molecule has 0 radical (unpaired) electrons. The first-order valence-electron chi connectivity index (χ1n) is 6.73. The number of nitrogens with one attached hydrogen (secondary N) is 1. The number of rotatable bonds is 5. The molecule has 20 heavy (non-hydrogen) atoms. The number of aryl methyl sites for hydroxylation is 2. The van der Waals surface area contributed by atoms with Gasteiger partial charge in [0.2, 0.25) is 0 Å². The molecule has 1 N–H and O–H groups in total. The minimum atomic E-state index is 0.173. The highest BCUT2D eigenvalue weighted by Crippen LogP contribution is 2.22. The number of ether oxygens (including phenoxy) is 1. The molecule has 106 valence electrons. The van der Waals surface area contributed by atoms with Gasteiger partial charge in [-0.1, -0.05) is 41.4 Å². The normalized spacial score (nSPS) is 12.2. The summed E-state index contributed by atoms with van der Waals surface area (Å²) in [6, 6.07) is 14.4.